The van der Waals surface area contributed by atoms with Gasteiger partial charge in [-0.15, -0.1) is 22.7 Å². The third kappa shape index (κ3) is 4.64. The number of hydrogen-bond acceptors (Lipinski definition) is 5. The summed E-state index contributed by atoms with van der Waals surface area (Å²) < 4.78 is 26.5. The van der Waals surface area contributed by atoms with Crippen molar-refractivity contribution in [2.24, 2.45) is 0 Å². The van der Waals surface area contributed by atoms with E-state index >= 15 is 0 Å². The highest BCUT2D eigenvalue weighted by Gasteiger charge is 2.16. The highest BCUT2D eigenvalue weighted by atomic mass is 32.2. The Labute approximate surface area is 138 Å². The van der Waals surface area contributed by atoms with Crippen LogP contribution in [-0.2, 0) is 14.8 Å². The van der Waals surface area contributed by atoms with Gasteiger partial charge < -0.3 is 5.32 Å². The largest absolute Gasteiger partial charge is 0.348 e. The molecule has 2 aromatic rings. The summed E-state index contributed by atoms with van der Waals surface area (Å²) in [6.07, 6.45) is 0.916. The fourth-order valence-corrected chi connectivity index (χ4v) is 4.85. The van der Waals surface area contributed by atoms with E-state index in [1.54, 1.807) is 22.8 Å². The van der Waals surface area contributed by atoms with Crippen LogP contribution in [0.15, 0.2) is 39.2 Å². The van der Waals surface area contributed by atoms with Crippen molar-refractivity contribution in [1.29, 1.82) is 0 Å². The number of hydrogen-bond donors (Lipinski definition) is 2. The van der Waals surface area contributed by atoms with Crippen LogP contribution < -0.4 is 10.0 Å². The van der Waals surface area contributed by atoms with Gasteiger partial charge in [0.05, 0.1) is 6.04 Å². The summed E-state index contributed by atoms with van der Waals surface area (Å²) in [5.41, 5.74) is 0. The Bertz CT molecular complexity index is 679. The lowest BCUT2D eigenvalue weighted by Crippen LogP contribution is -2.32. The molecular weight excluding hydrogens is 340 g/mol. The first kappa shape index (κ1) is 17.1. The molecule has 2 aromatic heterocycles. The van der Waals surface area contributed by atoms with Crippen LogP contribution >= 0.6 is 22.7 Å². The first-order valence-corrected chi connectivity index (χ1v) is 10.1. The van der Waals surface area contributed by atoms with Crippen LogP contribution in [0.1, 0.15) is 30.7 Å². The van der Waals surface area contributed by atoms with Crippen molar-refractivity contribution in [1.82, 2.24) is 10.0 Å². The van der Waals surface area contributed by atoms with E-state index in [1.807, 2.05) is 24.4 Å². The van der Waals surface area contributed by atoms with Gasteiger partial charge in [0.2, 0.25) is 15.9 Å². The number of amides is 1. The molecule has 5 nitrogen and oxygen atoms in total. The van der Waals surface area contributed by atoms with Crippen molar-refractivity contribution in [3.8, 4) is 0 Å². The second-order valence-electron chi connectivity index (χ2n) is 4.62. The molecule has 120 valence electrons. The van der Waals surface area contributed by atoms with E-state index in [-0.39, 0.29) is 29.1 Å². The normalized spacial score (nSPS) is 13.0. The van der Waals surface area contributed by atoms with Gasteiger partial charge in [0, 0.05) is 17.8 Å². The van der Waals surface area contributed by atoms with Crippen LogP contribution in [0.5, 0.6) is 0 Å². The second-order valence-corrected chi connectivity index (χ2v) is 8.54. The highest BCUT2D eigenvalue weighted by Crippen LogP contribution is 2.21. The monoisotopic (exact) mass is 358 g/mol. The van der Waals surface area contributed by atoms with Crippen molar-refractivity contribution in [2.75, 3.05) is 6.54 Å². The van der Waals surface area contributed by atoms with E-state index in [9.17, 15) is 13.2 Å². The van der Waals surface area contributed by atoms with Gasteiger partial charge in [-0.05, 0) is 29.3 Å². The Morgan fingerprint density at radius 3 is 2.55 bits per heavy atom. The maximum atomic E-state index is 11.9. The molecule has 1 atom stereocenters. The van der Waals surface area contributed by atoms with Crippen molar-refractivity contribution in [3.05, 3.63) is 39.9 Å². The van der Waals surface area contributed by atoms with Crippen LogP contribution in [0.2, 0.25) is 0 Å². The quantitative estimate of drug-likeness (QED) is 0.762. The zero-order valence-electron chi connectivity index (χ0n) is 12.1. The molecule has 0 aromatic carbocycles. The summed E-state index contributed by atoms with van der Waals surface area (Å²) in [5, 5.41) is 6.60. The summed E-state index contributed by atoms with van der Waals surface area (Å²) in [4.78, 5) is 13.0. The van der Waals surface area contributed by atoms with E-state index in [2.05, 4.69) is 10.0 Å². The molecule has 2 N–H and O–H groups in total. The summed E-state index contributed by atoms with van der Waals surface area (Å²) >= 11 is 2.75. The number of carbonyl (C=O) groups is 1. The first-order valence-electron chi connectivity index (χ1n) is 6.89. The van der Waals surface area contributed by atoms with E-state index in [1.165, 1.54) is 6.07 Å². The second kappa shape index (κ2) is 7.87. The Morgan fingerprint density at radius 2 is 1.95 bits per heavy atom. The van der Waals surface area contributed by atoms with Gasteiger partial charge in [0.15, 0.2) is 0 Å². The van der Waals surface area contributed by atoms with Crippen molar-refractivity contribution < 1.29 is 13.2 Å². The first-order chi connectivity index (χ1) is 10.5. The Balaban J connectivity index is 1.81. The predicted molar refractivity (Wildman–Crippen MR) is 89.6 cm³/mol. The molecule has 0 aliphatic heterocycles. The molecule has 2 rings (SSSR count). The lowest BCUT2D eigenvalue weighted by atomic mass is 10.2. The van der Waals surface area contributed by atoms with Crippen LogP contribution in [-0.4, -0.2) is 20.9 Å². The zero-order valence-corrected chi connectivity index (χ0v) is 14.6. The fraction of sp³-hybridized carbons (Fsp3) is 0.357. The number of sulfonamides is 1. The van der Waals surface area contributed by atoms with Gasteiger partial charge in [-0.1, -0.05) is 19.1 Å². The molecule has 0 radical (unpaired) electrons. The van der Waals surface area contributed by atoms with Gasteiger partial charge in [0.1, 0.15) is 4.21 Å². The van der Waals surface area contributed by atoms with E-state index in [0.29, 0.717) is 0 Å². The maximum Gasteiger partial charge on any atom is 0.250 e. The zero-order chi connectivity index (χ0) is 16.0. The molecule has 1 unspecified atom stereocenters. The molecule has 0 saturated heterocycles. The van der Waals surface area contributed by atoms with E-state index in [0.717, 1.165) is 22.6 Å². The van der Waals surface area contributed by atoms with Gasteiger partial charge in [-0.25, -0.2) is 13.1 Å². The SMILES string of the molecule is CCC(NC(=O)CCNS(=O)(=O)c1cccs1)c1cccs1. The molecule has 8 heteroatoms. The van der Waals surface area contributed by atoms with Gasteiger partial charge in [0.25, 0.3) is 0 Å². The Kier molecular flexibility index (Phi) is 6.13. The molecule has 1 amide bonds. The summed E-state index contributed by atoms with van der Waals surface area (Å²) in [7, 11) is -3.50. The average molecular weight is 359 g/mol. The minimum absolute atomic E-state index is 0.0126. The third-order valence-corrected chi connectivity index (χ3v) is 6.88. The van der Waals surface area contributed by atoms with Crippen LogP contribution in [0.25, 0.3) is 0 Å². The van der Waals surface area contributed by atoms with Gasteiger partial charge in [-0.2, -0.15) is 0 Å². The molecule has 2 heterocycles. The number of thiophene rings is 2. The predicted octanol–water partition coefficient (Wildman–Crippen LogP) is 2.75. The standard InChI is InChI=1S/C14H18N2O3S3/c1-2-11(12-5-3-9-20-12)16-13(17)7-8-15-22(18,19)14-6-4-10-21-14/h3-6,9-11,15H,2,7-8H2,1H3,(H,16,17). The van der Waals surface area contributed by atoms with Crippen LogP contribution in [0, 0.1) is 0 Å². The summed E-state index contributed by atoms with van der Waals surface area (Å²) in [6, 6.07) is 7.14. The fourth-order valence-electron chi connectivity index (χ4n) is 1.92. The van der Waals surface area contributed by atoms with Crippen LogP contribution in [0.3, 0.4) is 0 Å². The molecule has 0 spiro atoms. The van der Waals surface area contributed by atoms with Crippen LogP contribution in [0.4, 0.5) is 0 Å². The molecule has 0 saturated carbocycles. The number of carbonyl (C=O) groups excluding carboxylic acids is 1. The minimum atomic E-state index is -3.50. The molecular formula is C14H18N2O3S3. The van der Waals surface area contributed by atoms with E-state index < -0.39 is 10.0 Å². The van der Waals surface area contributed by atoms with Gasteiger partial charge >= 0.3 is 0 Å². The van der Waals surface area contributed by atoms with Gasteiger partial charge in [-0.3, -0.25) is 4.79 Å². The average Bonchev–Trinajstić information content (AvgIpc) is 3.17. The maximum absolute atomic E-state index is 11.9. The molecule has 0 fully saturated rings. The van der Waals surface area contributed by atoms with Crippen molar-refractivity contribution in [2.45, 2.75) is 30.0 Å². The topological polar surface area (TPSA) is 75.3 Å². The lowest BCUT2D eigenvalue weighted by Gasteiger charge is -2.15. The summed E-state index contributed by atoms with van der Waals surface area (Å²) in [5.74, 6) is -0.158. The lowest BCUT2D eigenvalue weighted by molar-refractivity contribution is -0.121. The third-order valence-electron chi connectivity index (χ3n) is 3.03. The summed E-state index contributed by atoms with van der Waals surface area (Å²) in [6.45, 7) is 2.09. The number of nitrogens with one attached hydrogen (secondary N) is 2. The Morgan fingerprint density at radius 1 is 1.23 bits per heavy atom. The smallest absolute Gasteiger partial charge is 0.250 e. The van der Waals surface area contributed by atoms with Crippen molar-refractivity contribution in [3.63, 3.8) is 0 Å². The van der Waals surface area contributed by atoms with E-state index in [4.69, 9.17) is 0 Å². The minimum Gasteiger partial charge on any atom is -0.348 e. The Hall–Kier alpha value is -1.22. The molecule has 0 bridgehead atoms. The number of rotatable bonds is 8. The molecule has 0 aliphatic rings. The van der Waals surface area contributed by atoms with Crippen molar-refractivity contribution >= 4 is 38.6 Å². The molecule has 22 heavy (non-hydrogen) atoms. The highest BCUT2D eigenvalue weighted by molar-refractivity contribution is 7.91. The molecule has 0 aliphatic carbocycles.